The smallest absolute Gasteiger partial charge is 0.143 e. The molecule has 0 bridgehead atoms. The summed E-state index contributed by atoms with van der Waals surface area (Å²) in [5.41, 5.74) is 1.74. The molecule has 0 saturated heterocycles. The molecule has 0 saturated carbocycles. The Balaban J connectivity index is 2.10. The quantitative estimate of drug-likeness (QED) is 0.288. The number of hydrogen-bond acceptors (Lipinski definition) is 2. The molecule has 0 aliphatic heterocycles. The summed E-state index contributed by atoms with van der Waals surface area (Å²) in [4.78, 5) is 0. The molecule has 3 aromatic carbocycles. The van der Waals surface area contributed by atoms with E-state index in [9.17, 15) is 0 Å². The van der Waals surface area contributed by atoms with E-state index in [1.54, 1.807) is 0 Å². The Morgan fingerprint density at radius 3 is 2.55 bits per heavy atom. The Hall–Kier alpha value is -2.16. The lowest BCUT2D eigenvalue weighted by molar-refractivity contribution is 0.623. The van der Waals surface area contributed by atoms with Gasteiger partial charge < -0.3 is 4.42 Å². The summed E-state index contributed by atoms with van der Waals surface area (Å²) in [6.07, 6.45) is 0. The van der Waals surface area contributed by atoms with Crippen LogP contribution in [0.4, 0.5) is 0 Å². The molecule has 0 aliphatic carbocycles. The van der Waals surface area contributed by atoms with E-state index >= 15 is 0 Å². The minimum atomic E-state index is 0.677. The van der Waals surface area contributed by atoms with E-state index < -0.39 is 0 Å². The van der Waals surface area contributed by atoms with Crippen molar-refractivity contribution >= 4 is 45.6 Å². The molecule has 0 amide bonds. The van der Waals surface area contributed by atoms with Gasteiger partial charge in [-0.05, 0) is 23.6 Å². The van der Waals surface area contributed by atoms with Gasteiger partial charge in [-0.25, -0.2) is 0 Å². The summed E-state index contributed by atoms with van der Waals surface area (Å²) >= 11 is 11.6. The average Bonchev–Trinajstić information content (AvgIpc) is 2.54. The zero-order valence-electron chi connectivity index (χ0n) is 11.5. The molecule has 3 heteroatoms. The molecule has 22 heavy (non-hydrogen) atoms. The Bertz CT molecular complexity index is 1070. The minimum Gasteiger partial charge on any atom is -0.455 e. The van der Waals surface area contributed by atoms with Gasteiger partial charge in [0.2, 0.25) is 0 Å². The van der Waals surface area contributed by atoms with E-state index in [-0.39, 0.29) is 0 Å². The van der Waals surface area contributed by atoms with Gasteiger partial charge in [-0.3, -0.25) is 0 Å². The van der Waals surface area contributed by atoms with Crippen LogP contribution in [0.3, 0.4) is 0 Å². The van der Waals surface area contributed by atoms with Gasteiger partial charge in [-0.1, -0.05) is 66.3 Å². The predicted octanol–water partition coefficient (Wildman–Crippen LogP) is 6.64. The highest BCUT2D eigenvalue weighted by Gasteiger charge is 2.08. The minimum absolute atomic E-state index is 0.677. The lowest BCUT2D eigenvalue weighted by atomic mass is 10.1. The lowest BCUT2D eigenvalue weighted by Crippen LogP contribution is -1.83. The standard InChI is InChI=1S/C19H11ClOS/c20-14-6-3-5-13(10-14)17-11-18(22)16-9-8-12-4-1-2-7-15(12)19(16)21-17/h1-11H. The molecule has 1 heterocycles. The van der Waals surface area contributed by atoms with E-state index in [1.165, 1.54) is 0 Å². The fourth-order valence-corrected chi connectivity index (χ4v) is 3.13. The van der Waals surface area contributed by atoms with E-state index in [4.69, 9.17) is 28.2 Å². The largest absolute Gasteiger partial charge is 0.455 e. The van der Waals surface area contributed by atoms with Crippen molar-refractivity contribution in [1.29, 1.82) is 0 Å². The molecular formula is C19H11ClOS. The van der Waals surface area contributed by atoms with Gasteiger partial charge in [0.1, 0.15) is 11.3 Å². The maximum atomic E-state index is 6.17. The Morgan fingerprint density at radius 2 is 1.68 bits per heavy atom. The van der Waals surface area contributed by atoms with Gasteiger partial charge >= 0.3 is 0 Å². The highest BCUT2D eigenvalue weighted by molar-refractivity contribution is 7.71. The van der Waals surface area contributed by atoms with Gasteiger partial charge in [0.15, 0.2) is 0 Å². The second kappa shape index (κ2) is 5.24. The van der Waals surface area contributed by atoms with Crippen LogP contribution in [0, 0.1) is 4.51 Å². The zero-order chi connectivity index (χ0) is 15.1. The molecule has 0 aliphatic rings. The summed E-state index contributed by atoms with van der Waals surface area (Å²) < 4.78 is 6.95. The van der Waals surface area contributed by atoms with Gasteiger partial charge in [-0.15, -0.1) is 0 Å². The first-order valence-electron chi connectivity index (χ1n) is 6.94. The maximum Gasteiger partial charge on any atom is 0.143 e. The molecule has 4 rings (SSSR count). The second-order valence-electron chi connectivity index (χ2n) is 5.15. The van der Waals surface area contributed by atoms with Gasteiger partial charge in [0.05, 0.1) is 4.51 Å². The van der Waals surface area contributed by atoms with Crippen LogP contribution in [0.5, 0.6) is 0 Å². The highest BCUT2D eigenvalue weighted by atomic mass is 35.5. The van der Waals surface area contributed by atoms with Crippen molar-refractivity contribution in [3.63, 3.8) is 0 Å². The van der Waals surface area contributed by atoms with E-state index in [1.807, 2.05) is 48.5 Å². The molecule has 0 fully saturated rings. The van der Waals surface area contributed by atoms with Gasteiger partial charge in [-0.2, -0.15) is 0 Å². The van der Waals surface area contributed by atoms with E-state index in [0.717, 1.165) is 37.6 Å². The summed E-state index contributed by atoms with van der Waals surface area (Å²) in [5, 5.41) is 3.84. The van der Waals surface area contributed by atoms with Gasteiger partial charge in [0, 0.05) is 27.4 Å². The first kappa shape index (κ1) is 13.5. The summed E-state index contributed by atoms with van der Waals surface area (Å²) in [6.45, 7) is 0. The number of rotatable bonds is 1. The topological polar surface area (TPSA) is 13.1 Å². The molecular weight excluding hydrogens is 312 g/mol. The van der Waals surface area contributed by atoms with Crippen LogP contribution in [-0.4, -0.2) is 0 Å². The zero-order valence-corrected chi connectivity index (χ0v) is 13.1. The van der Waals surface area contributed by atoms with Crippen LogP contribution in [0.1, 0.15) is 0 Å². The molecule has 106 valence electrons. The fourth-order valence-electron chi connectivity index (χ4n) is 2.67. The fraction of sp³-hybridized carbons (Fsp3) is 0. The molecule has 4 aromatic rings. The summed E-state index contributed by atoms with van der Waals surface area (Å²) in [7, 11) is 0. The molecule has 0 radical (unpaired) electrons. The lowest BCUT2D eigenvalue weighted by Gasteiger charge is -2.07. The van der Waals surface area contributed by atoms with E-state index in [0.29, 0.717) is 5.02 Å². The van der Waals surface area contributed by atoms with Crippen LogP contribution < -0.4 is 0 Å². The summed E-state index contributed by atoms with van der Waals surface area (Å²) in [6, 6.07) is 21.7. The van der Waals surface area contributed by atoms with Crippen LogP contribution in [0.2, 0.25) is 5.02 Å². The number of fused-ring (bicyclic) bond motifs is 3. The molecule has 0 unspecified atom stereocenters. The Morgan fingerprint density at radius 1 is 0.818 bits per heavy atom. The molecule has 0 spiro atoms. The summed E-state index contributed by atoms with van der Waals surface area (Å²) in [5.74, 6) is 0.733. The SMILES string of the molecule is S=c1cc(-c2cccc(Cl)c2)oc2c1ccc1ccccc12. The van der Waals surface area contributed by atoms with Crippen molar-refractivity contribution in [3.05, 3.63) is 76.3 Å². The molecule has 0 atom stereocenters. The number of hydrogen-bond donors (Lipinski definition) is 0. The third kappa shape index (κ3) is 2.21. The third-order valence-electron chi connectivity index (χ3n) is 3.73. The van der Waals surface area contributed by atoms with Crippen molar-refractivity contribution < 1.29 is 4.42 Å². The molecule has 1 nitrogen and oxygen atoms in total. The van der Waals surface area contributed by atoms with Crippen molar-refractivity contribution in [1.82, 2.24) is 0 Å². The van der Waals surface area contributed by atoms with Crippen molar-refractivity contribution in [3.8, 4) is 11.3 Å². The molecule has 1 aromatic heterocycles. The predicted molar refractivity (Wildman–Crippen MR) is 95.0 cm³/mol. The monoisotopic (exact) mass is 322 g/mol. The average molecular weight is 323 g/mol. The van der Waals surface area contributed by atoms with Crippen LogP contribution in [0.25, 0.3) is 33.1 Å². The van der Waals surface area contributed by atoms with E-state index in [2.05, 4.69) is 18.2 Å². The Kier molecular flexibility index (Phi) is 3.21. The number of benzene rings is 3. The van der Waals surface area contributed by atoms with Crippen molar-refractivity contribution in [2.75, 3.05) is 0 Å². The third-order valence-corrected chi connectivity index (χ3v) is 4.30. The number of halogens is 1. The van der Waals surface area contributed by atoms with Crippen molar-refractivity contribution in [2.24, 2.45) is 0 Å². The second-order valence-corrected chi connectivity index (χ2v) is 6.02. The maximum absolute atomic E-state index is 6.17. The Labute approximate surface area is 137 Å². The van der Waals surface area contributed by atoms with Crippen LogP contribution in [-0.2, 0) is 0 Å². The first-order valence-corrected chi connectivity index (χ1v) is 7.72. The van der Waals surface area contributed by atoms with Crippen LogP contribution >= 0.6 is 23.8 Å². The van der Waals surface area contributed by atoms with Crippen LogP contribution in [0.15, 0.2) is 71.1 Å². The normalized spacial score (nSPS) is 11.1. The van der Waals surface area contributed by atoms with Crippen molar-refractivity contribution in [2.45, 2.75) is 0 Å². The first-order chi connectivity index (χ1) is 10.7. The van der Waals surface area contributed by atoms with Gasteiger partial charge in [0.25, 0.3) is 0 Å². The molecule has 0 N–H and O–H groups in total. The highest BCUT2D eigenvalue weighted by Crippen LogP contribution is 2.31.